The van der Waals surface area contributed by atoms with Crippen molar-refractivity contribution < 1.29 is 32.6 Å². The molecule has 4 fully saturated rings. The minimum absolute atomic E-state index is 0.0125. The quantitative estimate of drug-likeness (QED) is 0.0806. The summed E-state index contributed by atoms with van der Waals surface area (Å²) < 4.78 is 33.4. The maximum absolute atomic E-state index is 14.3. The largest absolute Gasteiger partial charge is 0.445 e. The van der Waals surface area contributed by atoms with Crippen LogP contribution >= 0.6 is 0 Å². The number of nitrogens with two attached hydrogens (primary N) is 1. The van der Waals surface area contributed by atoms with E-state index >= 15 is 0 Å². The van der Waals surface area contributed by atoms with E-state index in [1.165, 1.54) is 17.7 Å². The molecule has 0 bridgehead atoms. The Bertz CT molecular complexity index is 2030. The molecule has 5 aliphatic rings. The summed E-state index contributed by atoms with van der Waals surface area (Å²) >= 11 is 0. The number of aryl methyl sites for hydroxylation is 1. The zero-order valence-corrected chi connectivity index (χ0v) is 35.5. The van der Waals surface area contributed by atoms with Crippen LogP contribution in [0.25, 0.3) is 0 Å². The van der Waals surface area contributed by atoms with Crippen molar-refractivity contribution in [2.75, 3.05) is 13.1 Å². The zero-order chi connectivity index (χ0) is 42.0. The highest BCUT2D eigenvalue weighted by molar-refractivity contribution is 7.90. The number of aliphatic hydroxyl groups is 1. The van der Waals surface area contributed by atoms with Crippen LogP contribution < -0.4 is 21.1 Å². The zero-order valence-electron chi connectivity index (χ0n) is 34.7. The first-order valence-electron chi connectivity index (χ1n) is 21.5. The Hall–Kier alpha value is -4.43. The summed E-state index contributed by atoms with van der Waals surface area (Å²) in [7, 11) is -3.93. The van der Waals surface area contributed by atoms with Gasteiger partial charge in [-0.25, -0.2) is 17.9 Å². The minimum Gasteiger partial charge on any atom is -0.445 e. The lowest BCUT2D eigenvalue weighted by Crippen LogP contribution is -2.57. The number of guanidine groups is 1. The second kappa shape index (κ2) is 17.7. The summed E-state index contributed by atoms with van der Waals surface area (Å²) in [4.78, 5) is 47.5. The van der Waals surface area contributed by atoms with E-state index in [4.69, 9.17) is 10.5 Å². The normalized spacial score (nSPS) is 30.9. The number of nitrogens with one attached hydrogen (secondary N) is 3. The van der Waals surface area contributed by atoms with Crippen molar-refractivity contribution in [1.82, 2.24) is 20.3 Å². The molecule has 0 aromatic heterocycles. The highest BCUT2D eigenvalue weighted by Gasteiger charge is 2.59. The van der Waals surface area contributed by atoms with E-state index in [1.54, 1.807) is 17.0 Å². The van der Waals surface area contributed by atoms with Gasteiger partial charge in [0.1, 0.15) is 18.7 Å². The molecule has 0 spiro atoms. The maximum atomic E-state index is 14.3. The van der Waals surface area contributed by atoms with Gasteiger partial charge < -0.3 is 31.1 Å². The van der Waals surface area contributed by atoms with Gasteiger partial charge in [0.15, 0.2) is 0 Å². The molecule has 2 aromatic rings. The Labute approximate surface area is 349 Å². The van der Waals surface area contributed by atoms with Crippen molar-refractivity contribution >= 4 is 33.9 Å². The van der Waals surface area contributed by atoms with Crippen LogP contribution in [0, 0.1) is 35.5 Å². The average Bonchev–Trinajstić information content (AvgIpc) is 3.83. The lowest BCUT2D eigenvalue weighted by Gasteiger charge is -2.58. The van der Waals surface area contributed by atoms with Gasteiger partial charge in [0.25, 0.3) is 10.0 Å². The van der Waals surface area contributed by atoms with Gasteiger partial charge >= 0.3 is 6.09 Å². The summed E-state index contributed by atoms with van der Waals surface area (Å²) in [6.07, 6.45) is 10.9. The number of amides is 3. The van der Waals surface area contributed by atoms with Crippen molar-refractivity contribution in [3.8, 4) is 0 Å². The third-order valence-electron chi connectivity index (χ3n) is 14.5. The van der Waals surface area contributed by atoms with Crippen LogP contribution in [0.15, 0.2) is 76.1 Å². The number of nitrogens with zero attached hydrogens (tertiary/aromatic N) is 2. The van der Waals surface area contributed by atoms with E-state index in [9.17, 15) is 27.9 Å². The number of fused-ring (bicyclic) bond motifs is 5. The van der Waals surface area contributed by atoms with Crippen molar-refractivity contribution in [2.45, 2.75) is 134 Å². The van der Waals surface area contributed by atoms with E-state index in [0.29, 0.717) is 37.1 Å². The molecule has 3 saturated carbocycles. The Balaban J connectivity index is 0.992. The number of hydrogen-bond acceptors (Lipinski definition) is 8. The standard InChI is InChI=1S/C45H62N6O7S/c1-29-13-16-33(17-14-29)59(56,57)50-42(46)47-25-7-11-37(48-43(55)58-28-30-9-5-4-6-10-30)41(54)51-26-8-12-38(51)40(53)49-39-20-19-35-34-18-15-31-27-32(52)21-23-44(31,2)36(34)22-24-45(35,39)3/h4-6,9-10,13-17,32,34-39,52H,7-8,11-12,18-28H2,1-3H3,(H,48,55)(H,49,53)(H3,46,47,50)/t32-,34-,35-,36-,37?,38?,39-,44-,45-/m0/s1. The molecule has 1 aliphatic heterocycles. The van der Waals surface area contributed by atoms with Gasteiger partial charge in [-0.3, -0.25) is 14.6 Å². The molecule has 2 aromatic carbocycles. The number of ether oxygens (including phenoxy) is 1. The molecular formula is C45H62N6O7S. The van der Waals surface area contributed by atoms with Gasteiger partial charge in [0, 0.05) is 19.1 Å². The highest BCUT2D eigenvalue weighted by Crippen LogP contribution is 2.64. The second-order valence-corrected chi connectivity index (χ2v) is 19.8. The molecule has 0 radical (unpaired) electrons. The van der Waals surface area contributed by atoms with Crippen LogP contribution in [0.5, 0.6) is 0 Å². The number of carbonyl (C=O) groups excluding carboxylic acids is 3. The summed E-state index contributed by atoms with van der Waals surface area (Å²) in [6, 6.07) is 13.9. The van der Waals surface area contributed by atoms with Crippen LogP contribution in [-0.4, -0.2) is 79.6 Å². The number of aliphatic imine (C=N–C) groups is 1. The van der Waals surface area contributed by atoms with Gasteiger partial charge in [0.2, 0.25) is 17.8 Å². The van der Waals surface area contributed by atoms with E-state index in [1.807, 2.05) is 37.3 Å². The lowest BCUT2D eigenvalue weighted by atomic mass is 9.48. The molecule has 2 unspecified atom stereocenters. The third kappa shape index (κ3) is 9.18. The first-order valence-corrected chi connectivity index (χ1v) is 23.0. The molecule has 320 valence electrons. The number of alkyl carbamates (subject to hydrolysis) is 1. The van der Waals surface area contributed by atoms with Crippen molar-refractivity contribution in [3.05, 3.63) is 77.4 Å². The number of rotatable bonds is 12. The molecule has 13 nitrogen and oxygen atoms in total. The van der Waals surface area contributed by atoms with Crippen LogP contribution in [0.4, 0.5) is 4.79 Å². The molecule has 7 rings (SSSR count). The maximum Gasteiger partial charge on any atom is 0.408 e. The van der Waals surface area contributed by atoms with Gasteiger partial charge in [0.05, 0.1) is 11.0 Å². The highest BCUT2D eigenvalue weighted by atomic mass is 32.2. The Morgan fingerprint density at radius 3 is 2.53 bits per heavy atom. The van der Waals surface area contributed by atoms with Gasteiger partial charge in [-0.05, 0) is 130 Å². The van der Waals surface area contributed by atoms with Gasteiger partial charge in [-0.2, -0.15) is 0 Å². The van der Waals surface area contributed by atoms with Gasteiger partial charge in [-0.1, -0.05) is 73.5 Å². The molecule has 3 amide bonds. The number of carbonyl (C=O) groups is 3. The monoisotopic (exact) mass is 830 g/mol. The van der Waals surface area contributed by atoms with E-state index in [2.05, 4.69) is 40.3 Å². The van der Waals surface area contributed by atoms with Crippen molar-refractivity contribution in [1.29, 1.82) is 0 Å². The predicted molar refractivity (Wildman–Crippen MR) is 225 cm³/mol. The minimum atomic E-state index is -3.93. The summed E-state index contributed by atoms with van der Waals surface area (Å²) in [6.45, 7) is 7.13. The molecule has 14 heteroatoms. The van der Waals surface area contributed by atoms with Crippen LogP contribution in [0.3, 0.4) is 0 Å². The number of sulfonamides is 1. The second-order valence-electron chi connectivity index (χ2n) is 18.1. The van der Waals surface area contributed by atoms with Crippen LogP contribution in [0.1, 0.15) is 102 Å². The fraction of sp³-hybridized carbons (Fsp3) is 0.600. The topological polar surface area (TPSA) is 193 Å². The van der Waals surface area contributed by atoms with Crippen LogP contribution in [0.2, 0.25) is 0 Å². The Morgan fingerprint density at radius 1 is 1.00 bits per heavy atom. The summed E-state index contributed by atoms with van der Waals surface area (Å²) in [5, 5.41) is 16.6. The van der Waals surface area contributed by atoms with Crippen molar-refractivity contribution in [3.63, 3.8) is 0 Å². The third-order valence-corrected chi connectivity index (χ3v) is 15.9. The molecule has 6 N–H and O–H groups in total. The molecule has 1 heterocycles. The number of likely N-dealkylation sites (tertiary alicyclic amines) is 1. The number of benzene rings is 2. The Morgan fingerprint density at radius 2 is 1.76 bits per heavy atom. The summed E-state index contributed by atoms with van der Waals surface area (Å²) in [5.74, 6) is 0.851. The molecule has 9 atom stereocenters. The first kappa shape index (κ1) is 42.7. The fourth-order valence-corrected chi connectivity index (χ4v) is 12.2. The first-order chi connectivity index (χ1) is 28.2. The smallest absolute Gasteiger partial charge is 0.408 e. The molecule has 1 saturated heterocycles. The number of allylic oxidation sites excluding steroid dienone is 1. The molecule has 4 aliphatic carbocycles. The van der Waals surface area contributed by atoms with Crippen molar-refractivity contribution in [2.24, 2.45) is 39.3 Å². The van der Waals surface area contributed by atoms with E-state index < -0.39 is 28.2 Å². The van der Waals surface area contributed by atoms with E-state index in [-0.39, 0.29) is 71.6 Å². The van der Waals surface area contributed by atoms with Gasteiger partial charge in [-0.15, -0.1) is 0 Å². The SMILES string of the molecule is Cc1ccc(S(=O)(=O)NC(N)=NCCCC(NC(=O)OCc2ccccc2)C(=O)N2CCCC2C(=O)N[C@H]2CC[C@H]3[C@@H]4CC=C5C[C@@H](O)CC[C@]5(C)[C@H]4CC[C@]23C)cc1. The average molecular weight is 831 g/mol. The summed E-state index contributed by atoms with van der Waals surface area (Å²) in [5.41, 5.74) is 9.22. The predicted octanol–water partition coefficient (Wildman–Crippen LogP) is 5.46. The lowest BCUT2D eigenvalue weighted by molar-refractivity contribution is -0.140. The van der Waals surface area contributed by atoms with Crippen LogP contribution in [-0.2, 0) is 31.0 Å². The Kier molecular flexibility index (Phi) is 12.8. The fourth-order valence-electron chi connectivity index (χ4n) is 11.3. The molecular weight excluding hydrogens is 769 g/mol. The number of aliphatic hydroxyl groups excluding tert-OH is 1. The number of hydrogen-bond donors (Lipinski definition) is 5. The van der Waals surface area contributed by atoms with E-state index in [0.717, 1.165) is 62.5 Å². The molecule has 59 heavy (non-hydrogen) atoms.